The molecule has 0 saturated heterocycles. The van der Waals surface area contributed by atoms with Gasteiger partial charge in [-0.1, -0.05) is 120 Å². The molecule has 0 unspecified atom stereocenters. The maximum atomic E-state index is 11.8. The summed E-state index contributed by atoms with van der Waals surface area (Å²) in [4.78, 5) is 0. The van der Waals surface area contributed by atoms with Crippen LogP contribution in [0.4, 0.5) is 0 Å². The monoisotopic (exact) mass is 562 g/mol. The van der Waals surface area contributed by atoms with Crippen molar-refractivity contribution in [2.45, 2.75) is 111 Å². The molecule has 1 saturated carbocycles. The lowest BCUT2D eigenvalue weighted by atomic mass is 9.47. The molecule has 0 bridgehead atoms. The van der Waals surface area contributed by atoms with Crippen LogP contribution in [-0.2, 0) is 4.43 Å². The van der Waals surface area contributed by atoms with Crippen molar-refractivity contribution in [2.24, 2.45) is 22.7 Å². The molecule has 220 valence electrons. The fraction of sp³-hybridized carbons (Fsp3) is 0.611. The normalized spacial score (nSPS) is 27.3. The standard InChI is InChI=1S/C36H54O3Si/c1-27-20-21-31-34(5,6)22-15-23-36(31,8)32(27)30(37)26-35(7,38)24-25-39-40(33(2,3)4,28-16-11-9-12-17-28)29-18-13-10-14-19-29/h9-14,16-20,30-32,37-38H,15,21-26H2,1-8H3/t30-,31-,32-,35+,36-/m1/s1. The van der Waals surface area contributed by atoms with Gasteiger partial charge >= 0.3 is 0 Å². The average molecular weight is 563 g/mol. The lowest BCUT2D eigenvalue weighted by Crippen LogP contribution is -2.66. The van der Waals surface area contributed by atoms with Crippen LogP contribution in [0.5, 0.6) is 0 Å². The molecule has 0 spiro atoms. The van der Waals surface area contributed by atoms with E-state index in [9.17, 15) is 10.2 Å². The van der Waals surface area contributed by atoms with Crippen LogP contribution in [0.2, 0.25) is 5.04 Å². The van der Waals surface area contributed by atoms with Gasteiger partial charge in [-0.3, -0.25) is 0 Å². The van der Waals surface area contributed by atoms with E-state index in [1.807, 2.05) is 6.92 Å². The van der Waals surface area contributed by atoms with Gasteiger partial charge in [0, 0.05) is 18.9 Å². The maximum Gasteiger partial charge on any atom is 0.261 e. The highest BCUT2D eigenvalue weighted by molar-refractivity contribution is 6.99. The third kappa shape index (κ3) is 5.93. The van der Waals surface area contributed by atoms with Gasteiger partial charge in [-0.05, 0) is 71.7 Å². The van der Waals surface area contributed by atoms with Crippen molar-refractivity contribution in [3.63, 3.8) is 0 Å². The molecule has 40 heavy (non-hydrogen) atoms. The zero-order valence-corrected chi connectivity index (χ0v) is 27.3. The first-order chi connectivity index (χ1) is 18.6. The van der Waals surface area contributed by atoms with Crippen molar-refractivity contribution in [1.29, 1.82) is 0 Å². The Morgan fingerprint density at radius 2 is 1.48 bits per heavy atom. The highest BCUT2D eigenvalue weighted by Crippen LogP contribution is 2.60. The summed E-state index contributed by atoms with van der Waals surface area (Å²) >= 11 is 0. The molecule has 5 atom stereocenters. The van der Waals surface area contributed by atoms with Crippen molar-refractivity contribution < 1.29 is 14.6 Å². The largest absolute Gasteiger partial charge is 0.407 e. The van der Waals surface area contributed by atoms with Crippen molar-refractivity contribution in [3.8, 4) is 0 Å². The minimum atomic E-state index is -2.67. The van der Waals surface area contributed by atoms with Gasteiger partial charge in [-0.2, -0.15) is 0 Å². The summed E-state index contributed by atoms with van der Waals surface area (Å²) in [6.45, 7) is 18.6. The van der Waals surface area contributed by atoms with Gasteiger partial charge in [0.05, 0.1) is 11.7 Å². The van der Waals surface area contributed by atoms with E-state index in [0.717, 1.165) is 12.8 Å². The van der Waals surface area contributed by atoms with Crippen LogP contribution in [0.15, 0.2) is 72.3 Å². The zero-order chi connectivity index (χ0) is 29.4. The summed E-state index contributed by atoms with van der Waals surface area (Å²) in [5.41, 5.74) is 0.595. The van der Waals surface area contributed by atoms with Gasteiger partial charge in [0.25, 0.3) is 8.32 Å². The van der Waals surface area contributed by atoms with Gasteiger partial charge < -0.3 is 14.6 Å². The van der Waals surface area contributed by atoms with Crippen molar-refractivity contribution in [2.75, 3.05) is 6.61 Å². The van der Waals surface area contributed by atoms with Crippen molar-refractivity contribution in [3.05, 3.63) is 72.3 Å². The Balaban J connectivity index is 1.54. The summed E-state index contributed by atoms with van der Waals surface area (Å²) in [5.74, 6) is 0.635. The smallest absolute Gasteiger partial charge is 0.261 e. The second-order valence-corrected chi connectivity index (χ2v) is 19.4. The molecule has 1 fully saturated rings. The van der Waals surface area contributed by atoms with E-state index in [1.54, 1.807) is 0 Å². The molecular formula is C36H54O3Si. The fourth-order valence-electron chi connectivity index (χ4n) is 8.68. The second-order valence-electron chi connectivity index (χ2n) is 15.1. The molecule has 2 aliphatic rings. The first kappa shape index (κ1) is 31.2. The Hall–Kier alpha value is -1.72. The van der Waals surface area contributed by atoms with E-state index in [0.29, 0.717) is 25.4 Å². The van der Waals surface area contributed by atoms with Crippen molar-refractivity contribution in [1.82, 2.24) is 0 Å². The summed E-state index contributed by atoms with van der Waals surface area (Å²) < 4.78 is 7.07. The summed E-state index contributed by atoms with van der Waals surface area (Å²) in [6.07, 6.45) is 7.33. The Morgan fingerprint density at radius 3 is 2.00 bits per heavy atom. The Labute approximate surface area is 245 Å². The van der Waals surface area contributed by atoms with E-state index in [-0.39, 0.29) is 21.8 Å². The molecule has 0 amide bonds. The number of allylic oxidation sites excluding steroid dienone is 1. The molecule has 2 N–H and O–H groups in total. The van der Waals surface area contributed by atoms with E-state index in [2.05, 4.69) is 115 Å². The van der Waals surface area contributed by atoms with Crippen molar-refractivity contribution >= 4 is 18.7 Å². The number of aliphatic hydroxyl groups is 2. The van der Waals surface area contributed by atoms with Crippen LogP contribution in [0, 0.1) is 22.7 Å². The molecule has 3 nitrogen and oxygen atoms in total. The number of benzene rings is 2. The highest BCUT2D eigenvalue weighted by Gasteiger charge is 2.54. The van der Waals surface area contributed by atoms with Crippen LogP contribution >= 0.6 is 0 Å². The topological polar surface area (TPSA) is 49.7 Å². The minimum absolute atomic E-state index is 0.0570. The molecule has 0 radical (unpaired) electrons. The van der Waals surface area contributed by atoms with E-state index in [1.165, 1.54) is 28.8 Å². The van der Waals surface area contributed by atoms with Crippen LogP contribution in [0.25, 0.3) is 0 Å². The fourth-order valence-corrected chi connectivity index (χ4v) is 13.2. The number of fused-ring (bicyclic) bond motifs is 1. The lowest BCUT2D eigenvalue weighted by molar-refractivity contribution is -0.0965. The number of aliphatic hydroxyl groups excluding tert-OH is 1. The van der Waals surface area contributed by atoms with Gasteiger partial charge in [0.15, 0.2) is 0 Å². The van der Waals surface area contributed by atoms with Crippen LogP contribution < -0.4 is 10.4 Å². The Kier molecular flexibility index (Phi) is 8.99. The SMILES string of the molecule is CC1=CC[C@@H]2C(C)(C)CCC[C@@]2(C)[C@H]1[C@H](O)C[C@@](C)(O)CCO[Si](c1ccccc1)(c1ccccc1)C(C)(C)C. The van der Waals surface area contributed by atoms with E-state index in [4.69, 9.17) is 4.43 Å². The number of hydrogen-bond acceptors (Lipinski definition) is 3. The molecule has 0 aliphatic heterocycles. The highest BCUT2D eigenvalue weighted by atomic mass is 28.4. The summed E-state index contributed by atoms with van der Waals surface area (Å²) in [6, 6.07) is 21.3. The van der Waals surface area contributed by atoms with Crippen LogP contribution in [0.3, 0.4) is 0 Å². The first-order valence-corrected chi connectivity index (χ1v) is 17.4. The predicted octanol–water partition coefficient (Wildman–Crippen LogP) is 7.25. The summed E-state index contributed by atoms with van der Waals surface area (Å²) in [7, 11) is -2.67. The third-order valence-corrected chi connectivity index (χ3v) is 15.6. The molecule has 2 aromatic rings. The molecule has 2 aromatic carbocycles. The van der Waals surface area contributed by atoms with Gasteiger partial charge in [-0.25, -0.2) is 0 Å². The van der Waals surface area contributed by atoms with Gasteiger partial charge in [0.2, 0.25) is 0 Å². The molecular weight excluding hydrogens is 508 g/mol. The second kappa shape index (κ2) is 11.5. The molecule has 4 heteroatoms. The zero-order valence-electron chi connectivity index (χ0n) is 26.3. The maximum absolute atomic E-state index is 11.8. The first-order valence-electron chi connectivity index (χ1n) is 15.5. The third-order valence-electron chi connectivity index (χ3n) is 10.6. The Bertz CT molecular complexity index is 1110. The number of rotatable bonds is 9. The van der Waals surface area contributed by atoms with Gasteiger partial charge in [-0.15, -0.1) is 0 Å². The Morgan fingerprint density at radius 1 is 0.925 bits per heavy atom. The average Bonchev–Trinajstić information content (AvgIpc) is 2.85. The molecule has 2 aliphatic carbocycles. The molecule has 0 heterocycles. The lowest BCUT2D eigenvalue weighted by Gasteiger charge is -2.58. The number of hydrogen-bond donors (Lipinski definition) is 2. The van der Waals surface area contributed by atoms with E-state index >= 15 is 0 Å². The quantitative estimate of drug-likeness (QED) is 0.250. The van der Waals surface area contributed by atoms with Gasteiger partial charge in [0.1, 0.15) is 0 Å². The summed E-state index contributed by atoms with van der Waals surface area (Å²) in [5, 5.41) is 25.8. The molecule has 0 aromatic heterocycles. The molecule has 4 rings (SSSR count). The van der Waals surface area contributed by atoms with Crippen LogP contribution in [0.1, 0.15) is 93.9 Å². The van der Waals surface area contributed by atoms with E-state index < -0.39 is 20.0 Å². The minimum Gasteiger partial charge on any atom is -0.407 e. The van der Waals surface area contributed by atoms with Crippen LogP contribution in [-0.4, -0.2) is 36.8 Å². The predicted molar refractivity (Wildman–Crippen MR) is 171 cm³/mol.